The van der Waals surface area contributed by atoms with E-state index in [2.05, 4.69) is 24.8 Å². The van der Waals surface area contributed by atoms with Crippen molar-refractivity contribution in [3.8, 4) is 28.6 Å². The molecule has 0 bridgehead atoms. The Balaban J connectivity index is 1.39. The third kappa shape index (κ3) is 3.73. The van der Waals surface area contributed by atoms with E-state index in [9.17, 15) is 0 Å². The Labute approximate surface area is 175 Å². The number of aryl methyl sites for hydroxylation is 1. The number of para-hydroxylation sites is 1. The van der Waals surface area contributed by atoms with Crippen molar-refractivity contribution in [2.45, 2.75) is 0 Å². The third-order valence-corrected chi connectivity index (χ3v) is 4.75. The molecule has 2 heterocycles. The molecule has 146 valence electrons. The van der Waals surface area contributed by atoms with E-state index in [4.69, 9.17) is 4.74 Å². The lowest BCUT2D eigenvalue weighted by atomic mass is 10.2. The predicted octanol–water partition coefficient (Wildman–Crippen LogP) is 3.76. The summed E-state index contributed by atoms with van der Waals surface area (Å²) in [5, 5.41) is 0. The second-order valence-corrected chi connectivity index (χ2v) is 6.95. The molecule has 30 heavy (non-hydrogen) atoms. The average molecular weight is 392 g/mol. The summed E-state index contributed by atoms with van der Waals surface area (Å²) in [5.41, 5.74) is 3.03. The van der Waals surface area contributed by atoms with Crippen molar-refractivity contribution >= 4 is 0 Å². The fourth-order valence-electron chi connectivity index (χ4n) is 3.27. The molecule has 0 atom stereocenters. The van der Waals surface area contributed by atoms with Crippen LogP contribution in [0.15, 0.2) is 104 Å². The number of hydrogen-bond acceptors (Lipinski definition) is 1. The van der Waals surface area contributed by atoms with Crippen LogP contribution in [0.2, 0.25) is 0 Å². The molecule has 5 aromatic rings. The van der Waals surface area contributed by atoms with Gasteiger partial charge in [0.05, 0.1) is 24.1 Å². The first-order valence-corrected chi connectivity index (χ1v) is 9.67. The smallest absolute Gasteiger partial charge is 0.268 e. The SMILES string of the molecule is C[n+]1[c-]n(-c2cccc(Oc3cccc(-n4[c-][n+](-c5ccccc5)cc4)c3)c2)cc1. The Kier molecular flexibility index (Phi) is 4.62. The number of benzene rings is 3. The number of aromatic nitrogens is 4. The molecule has 0 aliphatic rings. The van der Waals surface area contributed by atoms with Crippen molar-refractivity contribution in [2.24, 2.45) is 7.05 Å². The molecule has 0 N–H and O–H groups in total. The van der Waals surface area contributed by atoms with Gasteiger partial charge in [0, 0.05) is 24.8 Å². The molecule has 0 amide bonds. The highest BCUT2D eigenvalue weighted by Crippen LogP contribution is 2.25. The summed E-state index contributed by atoms with van der Waals surface area (Å²) in [7, 11) is 1.95. The van der Waals surface area contributed by atoms with Gasteiger partial charge in [-0.25, -0.2) is 0 Å². The fourth-order valence-corrected chi connectivity index (χ4v) is 3.27. The standard InChI is InChI=1S/C25H20N4O/c1-26-13-14-27(19-26)22-9-5-11-24(17-22)30-25-12-6-10-23(18-25)29-16-15-28(20-29)21-7-3-2-4-8-21/h2-18H,1H3. The van der Waals surface area contributed by atoms with Crippen LogP contribution < -0.4 is 13.9 Å². The van der Waals surface area contributed by atoms with E-state index >= 15 is 0 Å². The van der Waals surface area contributed by atoms with Crippen molar-refractivity contribution in [3.63, 3.8) is 0 Å². The first kappa shape index (κ1) is 17.9. The molecular formula is C25H20N4O. The quantitative estimate of drug-likeness (QED) is 0.330. The molecule has 0 fully saturated rings. The summed E-state index contributed by atoms with van der Waals surface area (Å²) < 4.78 is 13.9. The second kappa shape index (κ2) is 7.72. The highest BCUT2D eigenvalue weighted by Gasteiger charge is 2.05. The topological polar surface area (TPSA) is 26.8 Å². The van der Waals surface area contributed by atoms with Gasteiger partial charge in [-0.1, -0.05) is 36.4 Å². The molecule has 5 nitrogen and oxygen atoms in total. The van der Waals surface area contributed by atoms with Crippen LogP contribution in [0, 0.1) is 12.7 Å². The predicted molar refractivity (Wildman–Crippen MR) is 112 cm³/mol. The first-order valence-electron chi connectivity index (χ1n) is 9.67. The lowest BCUT2D eigenvalue weighted by Crippen LogP contribution is -2.27. The Morgan fingerprint density at radius 1 is 0.700 bits per heavy atom. The summed E-state index contributed by atoms with van der Waals surface area (Å²) >= 11 is 0. The van der Waals surface area contributed by atoms with Crippen molar-refractivity contribution in [2.75, 3.05) is 0 Å². The number of imidazole rings is 2. The Hall–Kier alpha value is -4.12. The van der Waals surface area contributed by atoms with Gasteiger partial charge in [0.1, 0.15) is 11.5 Å². The van der Waals surface area contributed by atoms with Gasteiger partial charge in [0.15, 0.2) is 0 Å². The van der Waals surface area contributed by atoms with Crippen molar-refractivity contribution in [3.05, 3.63) is 116 Å². The van der Waals surface area contributed by atoms with E-state index in [-0.39, 0.29) is 0 Å². The van der Waals surface area contributed by atoms with Crippen LogP contribution in [0.25, 0.3) is 17.1 Å². The minimum Gasteiger partial charge on any atom is -0.459 e. The van der Waals surface area contributed by atoms with E-state index < -0.39 is 0 Å². The van der Waals surface area contributed by atoms with Gasteiger partial charge in [-0.05, 0) is 42.5 Å². The summed E-state index contributed by atoms with van der Waals surface area (Å²) in [6.07, 6.45) is 14.4. The van der Waals surface area contributed by atoms with Crippen molar-refractivity contribution in [1.29, 1.82) is 0 Å². The molecule has 0 aliphatic heterocycles. The molecule has 0 saturated carbocycles. The van der Waals surface area contributed by atoms with Crippen molar-refractivity contribution < 1.29 is 13.9 Å². The maximum atomic E-state index is 6.13. The van der Waals surface area contributed by atoms with Crippen LogP contribution in [0.1, 0.15) is 0 Å². The van der Waals surface area contributed by atoms with E-state index in [1.54, 1.807) is 0 Å². The molecular weight excluding hydrogens is 372 g/mol. The van der Waals surface area contributed by atoms with Gasteiger partial charge in [0.25, 0.3) is 6.33 Å². The molecule has 0 unspecified atom stereocenters. The average Bonchev–Trinajstić information content (AvgIpc) is 3.44. The maximum Gasteiger partial charge on any atom is 0.268 e. The molecule has 2 aromatic heterocycles. The third-order valence-electron chi connectivity index (χ3n) is 4.75. The van der Waals surface area contributed by atoms with Gasteiger partial charge < -0.3 is 13.9 Å². The van der Waals surface area contributed by atoms with Crippen LogP contribution in [0.3, 0.4) is 0 Å². The van der Waals surface area contributed by atoms with Gasteiger partial charge in [-0.15, -0.1) is 0 Å². The van der Waals surface area contributed by atoms with Crippen LogP contribution in [-0.2, 0) is 7.05 Å². The summed E-state index contributed by atoms with van der Waals surface area (Å²) in [6.45, 7) is 0. The summed E-state index contributed by atoms with van der Waals surface area (Å²) in [5.74, 6) is 1.53. The fraction of sp³-hybridized carbons (Fsp3) is 0.0400. The summed E-state index contributed by atoms with van der Waals surface area (Å²) in [6, 6.07) is 26.0. The lowest BCUT2D eigenvalue weighted by molar-refractivity contribution is -0.674. The minimum atomic E-state index is 0.764. The monoisotopic (exact) mass is 392 g/mol. The first-order chi connectivity index (χ1) is 14.7. The number of hydrogen-bond donors (Lipinski definition) is 0. The zero-order valence-electron chi connectivity index (χ0n) is 16.5. The van der Waals surface area contributed by atoms with Crippen LogP contribution in [0.5, 0.6) is 11.5 Å². The van der Waals surface area contributed by atoms with Gasteiger partial charge in [-0.2, -0.15) is 0 Å². The molecule has 3 aromatic carbocycles. The van der Waals surface area contributed by atoms with Crippen LogP contribution in [0.4, 0.5) is 0 Å². The normalized spacial score (nSPS) is 10.8. The molecule has 0 spiro atoms. The molecule has 5 heteroatoms. The van der Waals surface area contributed by atoms with Gasteiger partial charge >= 0.3 is 0 Å². The second-order valence-electron chi connectivity index (χ2n) is 6.95. The highest BCUT2D eigenvalue weighted by molar-refractivity contribution is 5.44. The molecule has 0 aliphatic carbocycles. The molecule has 0 radical (unpaired) electrons. The number of ether oxygens (including phenoxy) is 1. The van der Waals surface area contributed by atoms with Crippen molar-refractivity contribution in [1.82, 2.24) is 9.13 Å². The van der Waals surface area contributed by atoms with Gasteiger partial charge in [-0.3, -0.25) is 9.13 Å². The summed E-state index contributed by atoms with van der Waals surface area (Å²) in [4.78, 5) is 0. The largest absolute Gasteiger partial charge is 0.459 e. The minimum absolute atomic E-state index is 0.764. The number of rotatable bonds is 5. The Morgan fingerprint density at radius 3 is 1.97 bits per heavy atom. The Bertz CT molecular complexity index is 1290. The van der Waals surface area contributed by atoms with E-state index in [0.29, 0.717) is 0 Å². The zero-order chi connectivity index (χ0) is 20.3. The van der Waals surface area contributed by atoms with Crippen LogP contribution in [-0.4, -0.2) is 9.13 Å². The van der Waals surface area contributed by atoms with Crippen LogP contribution >= 0.6 is 0 Å². The Morgan fingerprint density at radius 2 is 1.33 bits per heavy atom. The van der Waals surface area contributed by atoms with Gasteiger partial charge in [0.2, 0.25) is 6.33 Å². The molecule has 0 saturated heterocycles. The van der Waals surface area contributed by atoms with E-state index in [1.165, 1.54) is 0 Å². The zero-order valence-corrected chi connectivity index (χ0v) is 16.5. The number of nitrogens with zero attached hydrogens (tertiary/aromatic N) is 4. The maximum absolute atomic E-state index is 6.13. The highest BCUT2D eigenvalue weighted by atomic mass is 16.5. The van der Waals surface area contributed by atoms with E-state index in [0.717, 1.165) is 28.6 Å². The lowest BCUT2D eigenvalue weighted by Gasteiger charge is -2.10. The van der Waals surface area contributed by atoms with E-state index in [1.807, 2.05) is 117 Å². The molecule has 5 rings (SSSR count).